The van der Waals surface area contributed by atoms with E-state index in [0.717, 1.165) is 37.7 Å². The molecule has 0 saturated heterocycles. The maximum Gasteiger partial charge on any atom is 0.262 e. The van der Waals surface area contributed by atoms with Crippen molar-refractivity contribution in [1.29, 1.82) is 0 Å². The van der Waals surface area contributed by atoms with Gasteiger partial charge < -0.3 is 10.1 Å². The minimum atomic E-state index is -0.202. The zero-order valence-electron chi connectivity index (χ0n) is 15.6. The summed E-state index contributed by atoms with van der Waals surface area (Å²) in [4.78, 5) is 22.3. The average Bonchev–Trinajstić information content (AvgIpc) is 3.13. The van der Waals surface area contributed by atoms with Crippen molar-refractivity contribution in [2.24, 2.45) is 0 Å². The van der Waals surface area contributed by atoms with Crippen LogP contribution in [0.25, 0.3) is 20.9 Å². The van der Waals surface area contributed by atoms with Crippen molar-refractivity contribution in [3.8, 4) is 16.3 Å². The highest BCUT2D eigenvalue weighted by Crippen LogP contribution is 2.33. The molecule has 2 aromatic heterocycles. The lowest BCUT2D eigenvalue weighted by Gasteiger charge is -2.12. The number of ether oxygens (including phenoxy) is 1. The Balaban J connectivity index is 1.50. The van der Waals surface area contributed by atoms with Gasteiger partial charge in [0.2, 0.25) is 0 Å². The van der Waals surface area contributed by atoms with E-state index in [-0.39, 0.29) is 12.5 Å². The summed E-state index contributed by atoms with van der Waals surface area (Å²) in [5, 5.41) is 3.82. The molecule has 0 unspecified atom stereocenters. The van der Waals surface area contributed by atoms with Crippen molar-refractivity contribution in [3.63, 3.8) is 0 Å². The molecule has 0 saturated carbocycles. The number of nitrogens with one attached hydrogen (secondary N) is 1. The SMILES string of the molecule is Cc1ccc(OCC(=O)Nc2cccc(-c3nc4cccnc4s3)c2C)cc1. The van der Waals surface area contributed by atoms with Crippen LogP contribution in [0.4, 0.5) is 5.69 Å². The number of anilines is 1. The number of thiazole rings is 1. The van der Waals surface area contributed by atoms with Crippen LogP contribution in [-0.4, -0.2) is 22.5 Å². The fraction of sp³-hybridized carbons (Fsp3) is 0.136. The van der Waals surface area contributed by atoms with E-state index in [2.05, 4.69) is 15.3 Å². The Kier molecular flexibility index (Phi) is 5.04. The number of pyridine rings is 1. The second-order valence-corrected chi connectivity index (χ2v) is 7.45. The van der Waals surface area contributed by atoms with Crippen LogP contribution in [0.1, 0.15) is 11.1 Å². The Hall–Kier alpha value is -3.25. The Morgan fingerprint density at radius 1 is 1.07 bits per heavy atom. The van der Waals surface area contributed by atoms with Crippen molar-refractivity contribution < 1.29 is 9.53 Å². The van der Waals surface area contributed by atoms with Crippen LogP contribution in [-0.2, 0) is 4.79 Å². The highest BCUT2D eigenvalue weighted by atomic mass is 32.1. The smallest absolute Gasteiger partial charge is 0.262 e. The first kappa shape index (κ1) is 18.1. The van der Waals surface area contributed by atoms with Gasteiger partial charge in [-0.25, -0.2) is 9.97 Å². The summed E-state index contributed by atoms with van der Waals surface area (Å²) in [6.07, 6.45) is 1.77. The van der Waals surface area contributed by atoms with Gasteiger partial charge in [0, 0.05) is 17.4 Å². The van der Waals surface area contributed by atoms with E-state index in [0.29, 0.717) is 5.75 Å². The van der Waals surface area contributed by atoms with Crippen LogP contribution in [0.3, 0.4) is 0 Å². The third kappa shape index (κ3) is 3.87. The van der Waals surface area contributed by atoms with Crippen molar-refractivity contribution in [1.82, 2.24) is 9.97 Å². The van der Waals surface area contributed by atoms with Crippen molar-refractivity contribution in [3.05, 3.63) is 71.9 Å². The summed E-state index contributed by atoms with van der Waals surface area (Å²) in [6, 6.07) is 17.2. The number of carbonyl (C=O) groups is 1. The molecule has 0 aliphatic rings. The van der Waals surface area contributed by atoms with E-state index in [1.807, 2.05) is 68.4 Å². The molecule has 4 rings (SSSR count). The lowest BCUT2D eigenvalue weighted by atomic mass is 10.1. The highest BCUT2D eigenvalue weighted by molar-refractivity contribution is 7.21. The Labute approximate surface area is 167 Å². The molecular formula is C22H19N3O2S. The van der Waals surface area contributed by atoms with Gasteiger partial charge in [-0.15, -0.1) is 0 Å². The van der Waals surface area contributed by atoms with E-state index < -0.39 is 0 Å². The fourth-order valence-corrected chi connectivity index (χ4v) is 3.85. The van der Waals surface area contributed by atoms with Crippen molar-refractivity contribution >= 4 is 33.3 Å². The number of hydrogen-bond acceptors (Lipinski definition) is 5. The molecule has 0 fully saturated rings. The molecule has 1 N–H and O–H groups in total. The molecule has 0 spiro atoms. The fourth-order valence-electron chi connectivity index (χ4n) is 2.86. The number of amides is 1. The minimum Gasteiger partial charge on any atom is -0.484 e. The number of hydrogen-bond donors (Lipinski definition) is 1. The number of aryl methyl sites for hydroxylation is 1. The number of fused-ring (bicyclic) bond motifs is 1. The molecule has 2 aromatic carbocycles. The molecule has 0 atom stereocenters. The van der Waals surface area contributed by atoms with Crippen LogP contribution in [0.15, 0.2) is 60.8 Å². The Morgan fingerprint density at radius 2 is 1.89 bits per heavy atom. The van der Waals surface area contributed by atoms with Gasteiger partial charge in [0.15, 0.2) is 6.61 Å². The second-order valence-electron chi connectivity index (χ2n) is 6.47. The quantitative estimate of drug-likeness (QED) is 0.522. The van der Waals surface area contributed by atoms with Crippen LogP contribution >= 0.6 is 11.3 Å². The van der Waals surface area contributed by atoms with E-state index in [4.69, 9.17) is 4.74 Å². The first-order chi connectivity index (χ1) is 13.6. The van der Waals surface area contributed by atoms with Gasteiger partial charge >= 0.3 is 0 Å². The van der Waals surface area contributed by atoms with Gasteiger partial charge in [0.05, 0.1) is 0 Å². The summed E-state index contributed by atoms with van der Waals surface area (Å²) in [5.41, 5.74) is 4.73. The largest absolute Gasteiger partial charge is 0.484 e. The normalized spacial score (nSPS) is 10.8. The molecule has 6 heteroatoms. The molecule has 5 nitrogen and oxygen atoms in total. The number of rotatable bonds is 5. The molecule has 140 valence electrons. The molecule has 0 radical (unpaired) electrons. The molecule has 2 heterocycles. The third-order valence-corrected chi connectivity index (χ3v) is 5.41. The summed E-state index contributed by atoms with van der Waals surface area (Å²) in [5.74, 6) is 0.472. The molecule has 0 aliphatic carbocycles. The zero-order chi connectivity index (χ0) is 19.5. The molecular weight excluding hydrogens is 370 g/mol. The first-order valence-electron chi connectivity index (χ1n) is 8.91. The van der Waals surface area contributed by atoms with Gasteiger partial charge in [0.25, 0.3) is 5.91 Å². The Bertz CT molecular complexity index is 1100. The second kappa shape index (κ2) is 7.78. The lowest BCUT2D eigenvalue weighted by Crippen LogP contribution is -2.20. The van der Waals surface area contributed by atoms with Gasteiger partial charge in [0.1, 0.15) is 21.1 Å². The van der Waals surface area contributed by atoms with E-state index in [1.165, 1.54) is 0 Å². The zero-order valence-corrected chi connectivity index (χ0v) is 16.4. The summed E-state index contributed by atoms with van der Waals surface area (Å²) in [7, 11) is 0. The molecule has 0 aliphatic heterocycles. The van der Waals surface area contributed by atoms with Crippen LogP contribution < -0.4 is 10.1 Å². The summed E-state index contributed by atoms with van der Waals surface area (Å²) in [6.45, 7) is 3.94. The van der Waals surface area contributed by atoms with E-state index >= 15 is 0 Å². The highest BCUT2D eigenvalue weighted by Gasteiger charge is 2.13. The minimum absolute atomic E-state index is 0.0439. The number of nitrogens with zero attached hydrogens (tertiary/aromatic N) is 2. The van der Waals surface area contributed by atoms with Gasteiger partial charge in [-0.2, -0.15) is 0 Å². The Morgan fingerprint density at radius 3 is 2.68 bits per heavy atom. The van der Waals surface area contributed by atoms with E-state index in [9.17, 15) is 4.79 Å². The topological polar surface area (TPSA) is 64.1 Å². The monoisotopic (exact) mass is 389 g/mol. The predicted octanol–water partition coefficient (Wildman–Crippen LogP) is 4.99. The summed E-state index contributed by atoms with van der Waals surface area (Å²) < 4.78 is 5.56. The van der Waals surface area contributed by atoms with Gasteiger partial charge in [-0.05, 0) is 49.7 Å². The molecule has 4 aromatic rings. The number of benzene rings is 2. The molecule has 1 amide bonds. The van der Waals surface area contributed by atoms with Crippen LogP contribution in [0.2, 0.25) is 0 Å². The van der Waals surface area contributed by atoms with Gasteiger partial charge in [-0.1, -0.05) is 41.2 Å². The number of aromatic nitrogens is 2. The van der Waals surface area contributed by atoms with Crippen LogP contribution in [0.5, 0.6) is 5.75 Å². The van der Waals surface area contributed by atoms with E-state index in [1.54, 1.807) is 17.5 Å². The third-order valence-electron chi connectivity index (χ3n) is 4.40. The standard InChI is InChI=1S/C22H19N3O2S/c1-14-8-10-16(11-9-14)27-13-20(26)24-18-6-3-5-17(15(18)2)21-25-19-7-4-12-23-22(19)28-21/h3-12H,13H2,1-2H3,(H,24,26). The van der Waals surface area contributed by atoms with Gasteiger partial charge in [-0.3, -0.25) is 4.79 Å². The maximum atomic E-state index is 12.3. The average molecular weight is 389 g/mol. The number of carbonyl (C=O) groups excluding carboxylic acids is 1. The molecule has 0 bridgehead atoms. The predicted molar refractivity (Wildman–Crippen MR) is 113 cm³/mol. The van der Waals surface area contributed by atoms with Crippen molar-refractivity contribution in [2.45, 2.75) is 13.8 Å². The molecule has 28 heavy (non-hydrogen) atoms. The maximum absolute atomic E-state index is 12.3. The van der Waals surface area contributed by atoms with Crippen molar-refractivity contribution in [2.75, 3.05) is 11.9 Å². The first-order valence-corrected chi connectivity index (χ1v) is 9.72. The lowest BCUT2D eigenvalue weighted by molar-refractivity contribution is -0.118. The van der Waals surface area contributed by atoms with Crippen LogP contribution in [0, 0.1) is 13.8 Å². The summed E-state index contributed by atoms with van der Waals surface area (Å²) >= 11 is 1.54.